The molecule has 23 heavy (non-hydrogen) atoms. The maximum Gasteiger partial charge on any atom is 0.327 e. The van der Waals surface area contributed by atoms with Crippen molar-refractivity contribution >= 4 is 33.8 Å². The van der Waals surface area contributed by atoms with E-state index in [0.29, 0.717) is 31.3 Å². The van der Waals surface area contributed by atoms with Crippen molar-refractivity contribution in [2.24, 2.45) is 5.92 Å². The molecule has 1 fully saturated rings. The molecular weight excluding hydrogens is 364 g/mol. The van der Waals surface area contributed by atoms with E-state index >= 15 is 0 Å². The zero-order valence-electron chi connectivity index (χ0n) is 14.4. The van der Waals surface area contributed by atoms with E-state index in [1.54, 1.807) is 20.9 Å². The Bertz CT molecular complexity index is 453. The summed E-state index contributed by atoms with van der Waals surface area (Å²) in [5.41, 5.74) is -0.801. The minimum Gasteiger partial charge on any atom is -0.465 e. The molecule has 7 heteroatoms. The first-order valence-electron chi connectivity index (χ1n) is 8.09. The molecule has 1 unspecified atom stereocenters. The van der Waals surface area contributed by atoms with Crippen molar-refractivity contribution in [3.63, 3.8) is 0 Å². The molecule has 0 radical (unpaired) electrons. The first-order chi connectivity index (χ1) is 10.8. The van der Waals surface area contributed by atoms with Crippen LogP contribution in [0.4, 0.5) is 4.79 Å². The summed E-state index contributed by atoms with van der Waals surface area (Å²) in [4.78, 5) is 39.1. The number of likely N-dealkylation sites (N-methyl/N-ethyl adjacent to an activating group) is 1. The summed E-state index contributed by atoms with van der Waals surface area (Å²) in [6.07, 6.45) is 3.01. The van der Waals surface area contributed by atoms with E-state index in [1.807, 2.05) is 6.92 Å². The van der Waals surface area contributed by atoms with E-state index < -0.39 is 5.54 Å². The van der Waals surface area contributed by atoms with Gasteiger partial charge in [-0.05, 0) is 33.1 Å². The molecule has 0 aromatic heterocycles. The lowest BCUT2D eigenvalue weighted by Crippen LogP contribution is -2.41. The summed E-state index contributed by atoms with van der Waals surface area (Å²) < 4.78 is 5.23. The molecule has 1 saturated heterocycles. The topological polar surface area (TPSA) is 66.9 Å². The second-order valence-corrected chi connectivity index (χ2v) is 7.02. The molecule has 3 amide bonds. The lowest BCUT2D eigenvalue weighted by Gasteiger charge is -2.22. The molecule has 0 aliphatic carbocycles. The predicted octanol–water partition coefficient (Wildman–Crippen LogP) is 2.79. The molecule has 1 atom stereocenters. The Morgan fingerprint density at radius 1 is 1.30 bits per heavy atom. The van der Waals surface area contributed by atoms with Crippen LogP contribution in [-0.2, 0) is 14.3 Å². The van der Waals surface area contributed by atoms with E-state index in [-0.39, 0.29) is 23.8 Å². The van der Waals surface area contributed by atoms with Crippen molar-refractivity contribution in [2.45, 2.75) is 52.0 Å². The number of urea groups is 1. The van der Waals surface area contributed by atoms with Crippen LogP contribution >= 0.6 is 15.9 Å². The highest BCUT2D eigenvalue weighted by molar-refractivity contribution is 9.09. The molecule has 0 aromatic rings. The first kappa shape index (κ1) is 19.9. The maximum atomic E-state index is 12.3. The minimum atomic E-state index is -0.801. The summed E-state index contributed by atoms with van der Waals surface area (Å²) in [6, 6.07) is -0.277. The number of amides is 3. The van der Waals surface area contributed by atoms with Gasteiger partial charge in [0.05, 0.1) is 12.5 Å². The van der Waals surface area contributed by atoms with E-state index in [0.717, 1.165) is 12.8 Å². The zero-order chi connectivity index (χ0) is 17.6. The van der Waals surface area contributed by atoms with Gasteiger partial charge in [0.1, 0.15) is 5.54 Å². The van der Waals surface area contributed by atoms with Crippen molar-refractivity contribution in [1.82, 2.24) is 9.80 Å². The molecule has 1 heterocycles. The molecule has 0 bridgehead atoms. The Balaban J connectivity index is 2.47. The van der Waals surface area contributed by atoms with E-state index in [9.17, 15) is 14.4 Å². The molecule has 6 nitrogen and oxygen atoms in total. The molecule has 0 aromatic carbocycles. The number of carbonyl (C=O) groups is 3. The Morgan fingerprint density at radius 2 is 1.96 bits per heavy atom. The monoisotopic (exact) mass is 390 g/mol. The molecular formula is C16H27BrN2O4. The van der Waals surface area contributed by atoms with Gasteiger partial charge in [0.25, 0.3) is 5.91 Å². The number of rotatable bonds is 9. The number of esters is 1. The minimum absolute atomic E-state index is 0.189. The number of alkyl halides is 1. The maximum absolute atomic E-state index is 12.3. The van der Waals surface area contributed by atoms with Gasteiger partial charge in [-0.2, -0.15) is 0 Å². The van der Waals surface area contributed by atoms with Crippen molar-refractivity contribution in [3.05, 3.63) is 0 Å². The third kappa shape index (κ3) is 4.68. The highest BCUT2D eigenvalue weighted by atomic mass is 79.9. The van der Waals surface area contributed by atoms with Crippen LogP contribution in [-0.4, -0.2) is 58.8 Å². The van der Waals surface area contributed by atoms with E-state index in [4.69, 9.17) is 4.74 Å². The van der Waals surface area contributed by atoms with E-state index in [1.165, 1.54) is 9.80 Å². The van der Waals surface area contributed by atoms with Crippen LogP contribution in [0.3, 0.4) is 0 Å². The van der Waals surface area contributed by atoms with Gasteiger partial charge in [-0.3, -0.25) is 14.5 Å². The molecule has 132 valence electrons. The van der Waals surface area contributed by atoms with Gasteiger partial charge in [0.2, 0.25) is 0 Å². The van der Waals surface area contributed by atoms with Crippen molar-refractivity contribution in [1.29, 1.82) is 0 Å². The fraction of sp³-hybridized carbons (Fsp3) is 0.812. The van der Waals surface area contributed by atoms with Crippen molar-refractivity contribution in [3.8, 4) is 0 Å². The van der Waals surface area contributed by atoms with Gasteiger partial charge in [-0.25, -0.2) is 4.79 Å². The normalized spacial score (nSPS) is 18.5. The summed E-state index contributed by atoms with van der Waals surface area (Å²) in [5, 5.41) is 0.519. The molecule has 0 saturated carbocycles. The largest absolute Gasteiger partial charge is 0.465 e. The zero-order valence-corrected chi connectivity index (χ0v) is 16.0. The SMILES string of the molecule is CCCCOC(=O)C(CBr)CCCN1C(=O)N(C)C(C)(C)C1=O. The number of ether oxygens (including phenoxy) is 1. The summed E-state index contributed by atoms with van der Waals surface area (Å²) in [7, 11) is 1.63. The fourth-order valence-electron chi connectivity index (χ4n) is 2.37. The highest BCUT2D eigenvalue weighted by Crippen LogP contribution is 2.26. The van der Waals surface area contributed by atoms with Gasteiger partial charge in [-0.15, -0.1) is 0 Å². The Morgan fingerprint density at radius 3 is 2.43 bits per heavy atom. The summed E-state index contributed by atoms with van der Waals surface area (Å²) >= 11 is 3.33. The third-order valence-corrected chi connectivity index (χ3v) is 5.10. The second-order valence-electron chi connectivity index (χ2n) is 6.37. The Hall–Kier alpha value is -1.11. The molecule has 1 rings (SSSR count). The number of halogens is 1. The highest BCUT2D eigenvalue weighted by Gasteiger charge is 2.48. The lowest BCUT2D eigenvalue weighted by molar-refractivity contribution is -0.148. The smallest absolute Gasteiger partial charge is 0.327 e. The first-order valence-corrected chi connectivity index (χ1v) is 9.21. The molecule has 0 N–H and O–H groups in total. The van der Waals surface area contributed by atoms with Gasteiger partial charge in [0.15, 0.2) is 0 Å². The average molecular weight is 391 g/mol. The van der Waals surface area contributed by atoms with Crippen LogP contribution in [0.25, 0.3) is 0 Å². The third-order valence-electron chi connectivity index (χ3n) is 4.32. The molecule has 0 spiro atoms. The number of nitrogens with zero attached hydrogens (tertiary/aromatic N) is 2. The summed E-state index contributed by atoms with van der Waals surface area (Å²) in [5.74, 6) is -0.650. The van der Waals surface area contributed by atoms with Gasteiger partial charge < -0.3 is 9.64 Å². The van der Waals surface area contributed by atoms with Crippen LogP contribution < -0.4 is 0 Å². The van der Waals surface area contributed by atoms with Gasteiger partial charge >= 0.3 is 12.0 Å². The van der Waals surface area contributed by atoms with Crippen LogP contribution in [0, 0.1) is 5.92 Å². The Kier molecular flexibility index (Phi) is 7.51. The number of unbranched alkanes of at least 4 members (excludes halogenated alkanes) is 1. The molecule has 1 aliphatic rings. The van der Waals surface area contributed by atoms with Crippen LogP contribution in [0.2, 0.25) is 0 Å². The van der Waals surface area contributed by atoms with Crippen LogP contribution in [0.5, 0.6) is 0 Å². The van der Waals surface area contributed by atoms with Gasteiger partial charge in [-0.1, -0.05) is 29.3 Å². The number of imide groups is 1. The molecule has 1 aliphatic heterocycles. The van der Waals surface area contributed by atoms with Crippen LogP contribution in [0.15, 0.2) is 0 Å². The predicted molar refractivity (Wildman–Crippen MR) is 91.3 cm³/mol. The fourth-order valence-corrected chi connectivity index (χ4v) is 2.95. The van der Waals surface area contributed by atoms with Gasteiger partial charge in [0, 0.05) is 18.9 Å². The Labute approximate surface area is 146 Å². The van der Waals surface area contributed by atoms with Crippen LogP contribution in [0.1, 0.15) is 46.5 Å². The summed E-state index contributed by atoms with van der Waals surface area (Å²) in [6.45, 7) is 6.29. The van der Waals surface area contributed by atoms with Crippen molar-refractivity contribution in [2.75, 3.05) is 25.5 Å². The van der Waals surface area contributed by atoms with Crippen molar-refractivity contribution < 1.29 is 19.1 Å². The number of carbonyl (C=O) groups excluding carboxylic acids is 3. The quantitative estimate of drug-likeness (QED) is 0.262. The second kappa shape index (κ2) is 8.66. The number of hydrogen-bond donors (Lipinski definition) is 0. The average Bonchev–Trinajstić information content (AvgIpc) is 2.66. The van der Waals surface area contributed by atoms with E-state index in [2.05, 4.69) is 15.9 Å². The lowest BCUT2D eigenvalue weighted by atomic mass is 10.0. The standard InChI is InChI=1S/C16H27BrN2O4/c1-5-6-10-23-13(20)12(11-17)8-7-9-19-14(21)16(2,3)18(4)15(19)22/h12H,5-11H2,1-4H3. The number of hydrogen-bond acceptors (Lipinski definition) is 4.